The van der Waals surface area contributed by atoms with Crippen molar-refractivity contribution in [3.05, 3.63) is 59.7 Å². The highest BCUT2D eigenvalue weighted by atomic mass is 32.2. The second-order valence-electron chi connectivity index (χ2n) is 6.18. The van der Waals surface area contributed by atoms with Crippen molar-refractivity contribution in [3.8, 4) is 0 Å². The summed E-state index contributed by atoms with van der Waals surface area (Å²) in [6.07, 6.45) is 1.64. The maximum atomic E-state index is 12.3. The van der Waals surface area contributed by atoms with Crippen LogP contribution in [0, 0.1) is 0 Å². The van der Waals surface area contributed by atoms with Crippen LogP contribution in [-0.4, -0.2) is 25.5 Å². The minimum absolute atomic E-state index is 0.0327. The Labute approximate surface area is 146 Å². The van der Waals surface area contributed by atoms with E-state index in [1.807, 2.05) is 37.3 Å². The smallest absolute Gasteiger partial charge is 0.337 e. The lowest BCUT2D eigenvalue weighted by molar-refractivity contribution is 0.0697. The van der Waals surface area contributed by atoms with Crippen LogP contribution in [0.25, 0.3) is 0 Å². The van der Waals surface area contributed by atoms with Crippen molar-refractivity contribution in [2.24, 2.45) is 0 Å². The zero-order chi connectivity index (χ0) is 18.0. The molecule has 0 amide bonds. The van der Waals surface area contributed by atoms with Gasteiger partial charge >= 0.3 is 5.97 Å². The molecule has 3 N–H and O–H groups in total. The van der Waals surface area contributed by atoms with E-state index >= 15 is 0 Å². The topological polar surface area (TPSA) is 95.5 Å². The fourth-order valence-corrected chi connectivity index (χ4v) is 3.87. The predicted molar refractivity (Wildman–Crippen MR) is 95.2 cm³/mol. The molecule has 0 unspecified atom stereocenters. The van der Waals surface area contributed by atoms with Crippen LogP contribution in [0.4, 0.5) is 5.69 Å². The zero-order valence-electron chi connectivity index (χ0n) is 13.8. The van der Waals surface area contributed by atoms with E-state index in [0.717, 1.165) is 18.4 Å². The number of anilines is 1. The molecule has 1 aliphatic rings. The molecule has 0 aromatic heterocycles. The third kappa shape index (κ3) is 4.18. The van der Waals surface area contributed by atoms with Gasteiger partial charge in [0.05, 0.1) is 10.5 Å². The van der Waals surface area contributed by atoms with Crippen molar-refractivity contribution in [1.82, 2.24) is 4.72 Å². The number of carbonyl (C=O) groups is 1. The van der Waals surface area contributed by atoms with Gasteiger partial charge in [0.1, 0.15) is 0 Å². The van der Waals surface area contributed by atoms with Crippen LogP contribution >= 0.6 is 0 Å². The van der Waals surface area contributed by atoms with E-state index in [9.17, 15) is 18.3 Å². The van der Waals surface area contributed by atoms with Crippen molar-refractivity contribution >= 4 is 21.7 Å². The summed E-state index contributed by atoms with van der Waals surface area (Å²) in [5.74, 6) is -1.17. The fraction of sp³-hybridized carbons (Fsp3) is 0.278. The van der Waals surface area contributed by atoms with Crippen LogP contribution in [0.5, 0.6) is 0 Å². The number of sulfonamides is 1. The molecule has 1 aliphatic carbocycles. The SMILES string of the molecule is C[C@H](Nc1ccc(S(=O)(=O)NC2CC2)cc1C(=O)O)c1ccccc1. The van der Waals surface area contributed by atoms with E-state index in [1.165, 1.54) is 18.2 Å². The summed E-state index contributed by atoms with van der Waals surface area (Å²) in [4.78, 5) is 11.6. The van der Waals surface area contributed by atoms with Crippen LogP contribution in [0.1, 0.15) is 41.7 Å². The molecule has 132 valence electrons. The standard InChI is InChI=1S/C18H20N2O4S/c1-12(13-5-3-2-4-6-13)19-17-10-9-15(11-16(17)18(21)22)25(23,24)20-14-7-8-14/h2-6,9-12,14,19-20H,7-8H2,1H3,(H,21,22)/t12-/m0/s1. The van der Waals surface area contributed by atoms with Crippen molar-refractivity contribution in [3.63, 3.8) is 0 Å². The molecule has 1 atom stereocenters. The van der Waals surface area contributed by atoms with Gasteiger partial charge in [0.25, 0.3) is 0 Å². The van der Waals surface area contributed by atoms with E-state index in [2.05, 4.69) is 10.0 Å². The van der Waals surface area contributed by atoms with Crippen molar-refractivity contribution in [1.29, 1.82) is 0 Å². The van der Waals surface area contributed by atoms with E-state index < -0.39 is 16.0 Å². The molecule has 0 bridgehead atoms. The average Bonchev–Trinajstić information content (AvgIpc) is 3.39. The Kier molecular flexibility index (Phi) is 4.78. The highest BCUT2D eigenvalue weighted by molar-refractivity contribution is 7.89. The number of carboxylic acids is 1. The number of aromatic carboxylic acids is 1. The molecule has 6 nitrogen and oxygen atoms in total. The summed E-state index contributed by atoms with van der Waals surface area (Å²) in [6, 6.07) is 13.6. The first-order chi connectivity index (χ1) is 11.9. The van der Waals surface area contributed by atoms with Gasteiger partial charge in [-0.3, -0.25) is 0 Å². The van der Waals surface area contributed by atoms with Crippen LogP contribution in [0.3, 0.4) is 0 Å². The fourth-order valence-electron chi connectivity index (χ4n) is 2.54. The second-order valence-corrected chi connectivity index (χ2v) is 7.90. The predicted octanol–water partition coefficient (Wildman–Crippen LogP) is 3.00. The summed E-state index contributed by atoms with van der Waals surface area (Å²) < 4.78 is 27.1. The van der Waals surface area contributed by atoms with E-state index in [0.29, 0.717) is 5.69 Å². The number of nitrogens with one attached hydrogen (secondary N) is 2. The number of hydrogen-bond donors (Lipinski definition) is 3. The minimum atomic E-state index is -3.69. The maximum Gasteiger partial charge on any atom is 0.337 e. The normalized spacial score (nSPS) is 15.6. The third-order valence-electron chi connectivity index (χ3n) is 4.10. The van der Waals surface area contributed by atoms with Gasteiger partial charge in [0.2, 0.25) is 10.0 Å². The molecule has 25 heavy (non-hydrogen) atoms. The Morgan fingerprint density at radius 1 is 1.16 bits per heavy atom. The van der Waals surface area contributed by atoms with Gasteiger partial charge in [-0.25, -0.2) is 17.9 Å². The molecular weight excluding hydrogens is 340 g/mol. The molecule has 0 heterocycles. The van der Waals surface area contributed by atoms with E-state index in [-0.39, 0.29) is 22.5 Å². The van der Waals surface area contributed by atoms with Crippen molar-refractivity contribution in [2.45, 2.75) is 36.7 Å². The van der Waals surface area contributed by atoms with Gasteiger partial charge in [-0.15, -0.1) is 0 Å². The molecule has 1 saturated carbocycles. The molecule has 0 spiro atoms. The van der Waals surface area contributed by atoms with Crippen LogP contribution < -0.4 is 10.0 Å². The lowest BCUT2D eigenvalue weighted by atomic mass is 10.1. The van der Waals surface area contributed by atoms with Crippen LogP contribution in [0.15, 0.2) is 53.4 Å². The maximum absolute atomic E-state index is 12.3. The lowest BCUT2D eigenvalue weighted by Gasteiger charge is -2.18. The largest absolute Gasteiger partial charge is 0.478 e. The third-order valence-corrected chi connectivity index (χ3v) is 5.62. The molecule has 7 heteroatoms. The quantitative estimate of drug-likeness (QED) is 0.705. The second kappa shape index (κ2) is 6.85. The molecular formula is C18H20N2O4S. The first-order valence-corrected chi connectivity index (χ1v) is 9.56. The van der Waals surface area contributed by atoms with Gasteiger partial charge in [-0.05, 0) is 43.5 Å². The molecule has 3 rings (SSSR count). The Morgan fingerprint density at radius 2 is 1.84 bits per heavy atom. The molecule has 2 aromatic rings. The first kappa shape index (κ1) is 17.4. The summed E-state index contributed by atoms with van der Waals surface area (Å²) in [5.41, 5.74) is 1.32. The number of rotatable bonds is 7. The summed E-state index contributed by atoms with van der Waals surface area (Å²) in [5, 5.41) is 12.6. The number of benzene rings is 2. The minimum Gasteiger partial charge on any atom is -0.478 e. The average molecular weight is 360 g/mol. The van der Waals surface area contributed by atoms with E-state index in [1.54, 1.807) is 0 Å². The van der Waals surface area contributed by atoms with Crippen LogP contribution in [-0.2, 0) is 10.0 Å². The van der Waals surface area contributed by atoms with E-state index in [4.69, 9.17) is 0 Å². The highest BCUT2D eigenvalue weighted by Gasteiger charge is 2.28. The Balaban J connectivity index is 1.88. The summed E-state index contributed by atoms with van der Waals surface area (Å²) in [7, 11) is -3.69. The summed E-state index contributed by atoms with van der Waals surface area (Å²) in [6.45, 7) is 1.92. The Hall–Kier alpha value is -2.38. The van der Waals surface area contributed by atoms with Gasteiger partial charge in [0, 0.05) is 17.8 Å². The summed E-state index contributed by atoms with van der Waals surface area (Å²) >= 11 is 0. The molecule has 1 fully saturated rings. The molecule has 0 radical (unpaired) electrons. The van der Waals surface area contributed by atoms with Gasteiger partial charge < -0.3 is 10.4 Å². The van der Waals surface area contributed by atoms with Gasteiger partial charge in [0.15, 0.2) is 0 Å². The van der Waals surface area contributed by atoms with Crippen molar-refractivity contribution < 1.29 is 18.3 Å². The van der Waals surface area contributed by atoms with Crippen molar-refractivity contribution in [2.75, 3.05) is 5.32 Å². The first-order valence-electron chi connectivity index (χ1n) is 8.08. The monoisotopic (exact) mass is 360 g/mol. The van der Waals surface area contributed by atoms with Crippen LogP contribution in [0.2, 0.25) is 0 Å². The number of carboxylic acid groups (broad SMARTS) is 1. The lowest BCUT2D eigenvalue weighted by Crippen LogP contribution is -2.26. The Bertz CT molecular complexity index is 877. The van der Waals surface area contributed by atoms with Gasteiger partial charge in [-0.2, -0.15) is 0 Å². The Morgan fingerprint density at radius 3 is 2.44 bits per heavy atom. The molecule has 0 aliphatic heterocycles. The number of hydrogen-bond acceptors (Lipinski definition) is 4. The molecule has 2 aromatic carbocycles. The highest BCUT2D eigenvalue weighted by Crippen LogP contribution is 2.27. The zero-order valence-corrected chi connectivity index (χ0v) is 14.6. The molecule has 0 saturated heterocycles. The van der Waals surface area contributed by atoms with Gasteiger partial charge in [-0.1, -0.05) is 30.3 Å².